The molecule has 3 aliphatic rings. The first-order valence-electron chi connectivity index (χ1n) is 36.8. The third-order valence-corrected chi connectivity index (χ3v) is 22.1. The van der Waals surface area contributed by atoms with Crippen LogP contribution in [0.1, 0.15) is 225 Å². The number of anilines is 1. The number of allylic oxidation sites excluding steroid dienone is 4. The molecule has 7 rings (SSSR count). The number of aliphatic carboxylic acids is 2. The van der Waals surface area contributed by atoms with E-state index in [1.54, 1.807) is 51.2 Å². The lowest BCUT2D eigenvalue weighted by molar-refractivity contribution is -0.144. The number of Topliss-reactive ketones (excluding diaryl/α,β-unsaturated/α-hetero) is 3. The molecule has 2 aliphatic carbocycles. The molecule has 1 fully saturated rings. The molecule has 564 valence electrons. The number of aliphatic hydroxyl groups is 1. The van der Waals surface area contributed by atoms with E-state index in [1.165, 1.54) is 34.2 Å². The van der Waals surface area contributed by atoms with Gasteiger partial charge < -0.3 is 55.7 Å². The van der Waals surface area contributed by atoms with Crippen LogP contribution >= 0.6 is 31.1 Å². The molecule has 104 heavy (non-hydrogen) atoms. The number of aliphatic hydroxyl groups excluding tert-OH is 1. The first-order valence-corrected chi connectivity index (χ1v) is 39.8. The Bertz CT molecular complexity index is 3830. The van der Waals surface area contributed by atoms with Crippen molar-refractivity contribution in [1.82, 2.24) is 35.4 Å². The zero-order chi connectivity index (χ0) is 75.2. The summed E-state index contributed by atoms with van der Waals surface area (Å²) in [5.41, 5.74) is 17.7. The molecule has 7 unspecified atom stereocenters. The molecule has 2 aromatic carbocycles. The van der Waals surface area contributed by atoms with Gasteiger partial charge in [-0.2, -0.15) is 0 Å². The summed E-state index contributed by atoms with van der Waals surface area (Å²) >= 11 is 0. The maximum absolute atomic E-state index is 14.5. The maximum atomic E-state index is 14.5. The molecule has 0 saturated carbocycles. The van der Waals surface area contributed by atoms with Crippen molar-refractivity contribution in [3.63, 3.8) is 0 Å². The van der Waals surface area contributed by atoms with E-state index in [9.17, 15) is 58.5 Å². The molecule has 0 bridgehead atoms. The molecule has 2 aromatic heterocycles. The van der Waals surface area contributed by atoms with Crippen LogP contribution in [-0.2, 0) is 60.5 Å². The number of ether oxygens (including phenoxy) is 1. The minimum Gasteiger partial charge on any atom is -0.481 e. The number of nitrogens with two attached hydrogens (primary N) is 1. The number of hydrogen-bond acceptors (Lipinski definition) is 18. The summed E-state index contributed by atoms with van der Waals surface area (Å²) < 4.78 is 13.0. The molecular formula is C78H106N9O14PS2. The highest BCUT2D eigenvalue weighted by atomic mass is 33.1. The van der Waals surface area contributed by atoms with Gasteiger partial charge in [-0.1, -0.05) is 115 Å². The fourth-order valence-electron chi connectivity index (χ4n) is 13.7. The van der Waals surface area contributed by atoms with Crippen LogP contribution in [0, 0.1) is 30.6 Å². The first kappa shape index (κ1) is 83.7. The van der Waals surface area contributed by atoms with Crippen LogP contribution in [0.3, 0.4) is 0 Å². The number of amides is 4. The number of nitrogens with zero attached hydrogens (tertiary/aromatic N) is 5. The summed E-state index contributed by atoms with van der Waals surface area (Å²) in [6.45, 7) is 11.9. The smallest absolute Gasteiger partial charge is 0.306 e. The fourth-order valence-corrected chi connectivity index (χ4v) is 16.1. The Hall–Kier alpha value is -7.59. The number of ketones is 3. The Morgan fingerprint density at radius 1 is 0.837 bits per heavy atom. The van der Waals surface area contributed by atoms with E-state index >= 15 is 0 Å². The molecule has 26 heteroatoms. The van der Waals surface area contributed by atoms with E-state index in [4.69, 9.17) is 20.0 Å². The van der Waals surface area contributed by atoms with Gasteiger partial charge in [0.2, 0.25) is 17.7 Å². The van der Waals surface area contributed by atoms with E-state index < -0.39 is 72.9 Å². The second-order valence-corrected chi connectivity index (χ2v) is 30.3. The molecule has 0 radical (unpaired) electrons. The number of nitrogen functional groups attached to an aromatic ring is 1. The van der Waals surface area contributed by atoms with Crippen molar-refractivity contribution in [3.05, 3.63) is 111 Å². The highest BCUT2D eigenvalue weighted by molar-refractivity contribution is 8.76. The number of hydrogen-bond donors (Lipinski definition) is 7. The SMILES string of the molecule is CCCc1cc2c(cc1C)C(c1ccccc1C(=O)N(C)CCCC(=O)NCCCCCC(=O)NC(CCCSSCCC(=O)CCC#Cc1cn([C@H]3CC(O)[C@@H](COP)O3)c3ncnc(N)c13)C(=O)CCCCCCC(=O)NC(CC(=O)O)C(=O)CC(CC)C(=O)O)C1C=C(C)C(=NCC)C=C1C2. The maximum Gasteiger partial charge on any atom is 0.306 e. The molecule has 3 heterocycles. The number of carboxylic acid groups (broad SMARTS) is 2. The van der Waals surface area contributed by atoms with Gasteiger partial charge in [0.1, 0.15) is 35.9 Å². The predicted molar refractivity (Wildman–Crippen MR) is 410 cm³/mol. The van der Waals surface area contributed by atoms with Gasteiger partial charge in [0.15, 0.2) is 11.6 Å². The zero-order valence-electron chi connectivity index (χ0n) is 61.1. The van der Waals surface area contributed by atoms with Crippen molar-refractivity contribution in [1.29, 1.82) is 0 Å². The monoisotopic (exact) mass is 1490 g/mol. The lowest BCUT2D eigenvalue weighted by Crippen LogP contribution is -2.43. The number of carbonyl (C=O) groups excluding carboxylic acids is 7. The van der Waals surface area contributed by atoms with Crippen molar-refractivity contribution in [2.75, 3.05) is 50.5 Å². The Labute approximate surface area is 621 Å². The van der Waals surface area contributed by atoms with Crippen LogP contribution in [0.4, 0.5) is 5.82 Å². The van der Waals surface area contributed by atoms with Gasteiger partial charge in [-0.25, -0.2) is 9.97 Å². The number of benzene rings is 2. The summed E-state index contributed by atoms with van der Waals surface area (Å²) in [7, 11) is 7.10. The third-order valence-electron chi connectivity index (χ3n) is 19.4. The molecule has 0 spiro atoms. The summed E-state index contributed by atoms with van der Waals surface area (Å²) in [4.78, 5) is 131. The van der Waals surface area contributed by atoms with Gasteiger partial charge >= 0.3 is 11.9 Å². The van der Waals surface area contributed by atoms with Crippen LogP contribution in [0.25, 0.3) is 11.0 Å². The number of carbonyl (C=O) groups is 9. The minimum atomic E-state index is -1.35. The number of aromatic nitrogens is 3. The van der Waals surface area contributed by atoms with Gasteiger partial charge in [0.25, 0.3) is 5.91 Å². The number of unbranched alkanes of at least 4 members (excludes halogenated alkanes) is 5. The minimum absolute atomic E-state index is 0.00262. The molecule has 23 nitrogen and oxygen atoms in total. The third kappa shape index (κ3) is 25.0. The molecule has 1 saturated heterocycles. The second kappa shape index (κ2) is 43.1. The number of aryl methyl sites for hydroxylation is 2. The zero-order valence-corrected chi connectivity index (χ0v) is 63.9. The second-order valence-electron chi connectivity index (χ2n) is 27.3. The summed E-state index contributed by atoms with van der Waals surface area (Å²) in [6.07, 6.45) is 15.2. The van der Waals surface area contributed by atoms with Crippen LogP contribution in [0.2, 0.25) is 0 Å². The van der Waals surface area contributed by atoms with Gasteiger partial charge in [-0.3, -0.25) is 48.1 Å². The standard InChI is InChI=1S/C78H106N9O14PS2/c1-7-23-52-40-54-41-55-42-62(80-9-3)50(5)39-60(55)74(59(54)38-49(52)4)57-26-18-19-27-58(57)77(97)86(6)35-21-32-68(92)81-34-20-12-15-31-69(93)84-61(64(89)29-13-10-11-14-30-70(94)85-63(44-72(95)96)65(90)43-51(8-2)78(98)99)28-22-36-103-104-37-33-56(88)25-17-16-24-53-46-87(76-73(53)75(79)82-48-83-76)71-45-66(91)67(101-71)47-100-102/h18-19,26-27,38-40,42,46,48,51,60-61,63,66-67,71,74,91H,7-15,17,20-23,25,28-37,41,43-45,47,102H2,1-6H3,(H,81,92)(H,84,93)(H,85,94)(H,95,96)(H,98,99)(H2,79,82,83)/t51?,60?,61?,63?,66?,67-,71-,74?/m1/s1. The van der Waals surface area contributed by atoms with Crippen LogP contribution in [0.5, 0.6) is 0 Å². The van der Waals surface area contributed by atoms with E-state index in [0.29, 0.717) is 137 Å². The molecular weight excluding hydrogens is 1380 g/mol. The lowest BCUT2D eigenvalue weighted by atomic mass is 9.65. The van der Waals surface area contributed by atoms with Gasteiger partial charge in [0, 0.05) is 129 Å². The number of fused-ring (bicyclic) bond motifs is 3. The van der Waals surface area contributed by atoms with E-state index in [-0.39, 0.29) is 92.1 Å². The Kier molecular flexibility index (Phi) is 34.7. The highest BCUT2D eigenvalue weighted by Gasteiger charge is 2.39. The van der Waals surface area contributed by atoms with E-state index in [0.717, 1.165) is 36.1 Å². The predicted octanol–water partition coefficient (Wildman–Crippen LogP) is 11.3. The topological polar surface area (TPSA) is 341 Å². The summed E-state index contributed by atoms with van der Waals surface area (Å²) in [6, 6.07) is 10.6. The van der Waals surface area contributed by atoms with Crippen molar-refractivity contribution in [3.8, 4) is 11.8 Å². The average Bonchev–Trinajstić information content (AvgIpc) is 0.799. The van der Waals surface area contributed by atoms with E-state index in [1.807, 2.05) is 18.2 Å². The summed E-state index contributed by atoms with van der Waals surface area (Å²) in [5.74, 6) is 2.55. The Morgan fingerprint density at radius 2 is 1.55 bits per heavy atom. The Balaban J connectivity index is 0.839. The number of nitrogens with one attached hydrogen (secondary N) is 3. The lowest BCUT2D eigenvalue weighted by Gasteiger charge is -2.38. The fraction of sp³-hybridized carbons (Fsp3) is 0.564. The van der Waals surface area contributed by atoms with Crippen LogP contribution in [0.15, 0.2) is 77.2 Å². The molecule has 4 amide bonds. The molecule has 9 atom stereocenters. The summed E-state index contributed by atoms with van der Waals surface area (Å²) in [5, 5.41) is 38.3. The molecule has 8 N–H and O–H groups in total. The van der Waals surface area contributed by atoms with Crippen LogP contribution < -0.4 is 21.7 Å². The molecule has 1 aliphatic heterocycles. The number of aliphatic imine (C=N–C) groups is 1. The number of carboxylic acids is 2. The van der Waals surface area contributed by atoms with Crippen molar-refractivity contribution >= 4 is 107 Å². The highest BCUT2D eigenvalue weighted by Crippen LogP contribution is 2.48. The number of rotatable bonds is 45. The van der Waals surface area contributed by atoms with Crippen LogP contribution in [-0.4, -0.2) is 162 Å². The van der Waals surface area contributed by atoms with Gasteiger partial charge in [-0.05, 0) is 131 Å². The van der Waals surface area contributed by atoms with E-state index in [2.05, 4.69) is 105 Å². The average molecular weight is 1490 g/mol. The van der Waals surface area contributed by atoms with Crippen molar-refractivity contribution in [2.45, 2.75) is 225 Å². The first-order chi connectivity index (χ1) is 50.0. The Morgan fingerprint density at radius 3 is 2.26 bits per heavy atom. The van der Waals surface area contributed by atoms with Gasteiger partial charge in [0.05, 0.1) is 53.8 Å². The van der Waals surface area contributed by atoms with Crippen molar-refractivity contribution < 1.29 is 67.7 Å². The quantitative estimate of drug-likeness (QED) is 0.00935. The largest absolute Gasteiger partial charge is 0.481 e. The molecule has 4 aromatic rings. The van der Waals surface area contributed by atoms with Gasteiger partial charge in [-0.15, -0.1) is 0 Å². The van der Waals surface area contributed by atoms with Crippen molar-refractivity contribution in [2.24, 2.45) is 16.8 Å². The normalized spacial score (nSPS) is 18.0.